The van der Waals surface area contributed by atoms with Gasteiger partial charge in [0.2, 0.25) is 0 Å². The average molecular weight is 431 g/mol. The van der Waals surface area contributed by atoms with Gasteiger partial charge >= 0.3 is 5.97 Å². The number of allylic oxidation sites excluding steroid dienone is 2. The highest BCUT2D eigenvalue weighted by atomic mass is 16.5. The van der Waals surface area contributed by atoms with E-state index in [1.807, 2.05) is 30.5 Å². The van der Waals surface area contributed by atoms with Crippen LogP contribution in [0.2, 0.25) is 0 Å². The van der Waals surface area contributed by atoms with Crippen LogP contribution in [0.5, 0.6) is 0 Å². The summed E-state index contributed by atoms with van der Waals surface area (Å²) in [5, 5.41) is 5.42. The number of methoxy groups -OCH3 is 1. The zero-order chi connectivity index (χ0) is 22.6. The monoisotopic (exact) mass is 431 g/mol. The lowest BCUT2D eigenvalue weighted by atomic mass is 9.63. The third kappa shape index (κ3) is 3.03. The second-order valence-corrected chi connectivity index (χ2v) is 8.78. The Morgan fingerprint density at radius 2 is 1.72 bits per heavy atom. The normalized spacial score (nSPS) is 26.3. The summed E-state index contributed by atoms with van der Waals surface area (Å²) in [6.07, 6.45) is 7.72. The number of aromatic nitrogens is 1. The van der Waals surface area contributed by atoms with Gasteiger partial charge in [-0.3, -0.25) is 9.59 Å². The van der Waals surface area contributed by atoms with Gasteiger partial charge in [0.05, 0.1) is 30.7 Å². The minimum atomic E-state index is -0.396. The second kappa shape index (κ2) is 7.58. The van der Waals surface area contributed by atoms with Crippen molar-refractivity contribution >= 4 is 24.0 Å². The fraction of sp³-hybridized carbons (Fsp3) is 0.360. The summed E-state index contributed by atoms with van der Waals surface area (Å²) in [4.78, 5) is 37.9. The van der Waals surface area contributed by atoms with E-state index in [2.05, 4.69) is 17.3 Å². The Hall–Kier alpha value is -3.48. The Morgan fingerprint density at radius 1 is 1.06 bits per heavy atom. The molecule has 3 aliphatic carbocycles. The molecule has 4 aliphatic rings. The number of esters is 1. The number of hydrogen-bond acceptors (Lipinski definition) is 5. The summed E-state index contributed by atoms with van der Waals surface area (Å²) < 4.78 is 6.83. The largest absolute Gasteiger partial charge is 0.465 e. The van der Waals surface area contributed by atoms with Gasteiger partial charge in [-0.05, 0) is 62.8 Å². The Bertz CT molecular complexity index is 1160. The van der Waals surface area contributed by atoms with Crippen molar-refractivity contribution in [2.45, 2.75) is 26.7 Å². The Kier molecular flexibility index (Phi) is 4.84. The fourth-order valence-corrected chi connectivity index (χ4v) is 5.50. The van der Waals surface area contributed by atoms with Crippen molar-refractivity contribution in [2.75, 3.05) is 7.11 Å². The molecule has 0 N–H and O–H groups in total. The summed E-state index contributed by atoms with van der Waals surface area (Å²) in [5.41, 5.74) is 3.94. The van der Waals surface area contributed by atoms with Crippen molar-refractivity contribution < 1.29 is 19.1 Å². The molecule has 0 radical (unpaired) electrons. The van der Waals surface area contributed by atoms with Gasteiger partial charge in [-0.25, -0.2) is 4.79 Å². The van der Waals surface area contributed by atoms with E-state index < -0.39 is 5.97 Å². The predicted octanol–water partition coefficient (Wildman–Crippen LogP) is 3.41. The van der Waals surface area contributed by atoms with Crippen molar-refractivity contribution in [3.8, 4) is 5.69 Å². The molecule has 2 heterocycles. The molecule has 164 valence electrons. The van der Waals surface area contributed by atoms with E-state index in [0.717, 1.165) is 40.5 Å². The summed E-state index contributed by atoms with van der Waals surface area (Å²) in [6.45, 7) is 3.90. The topological polar surface area (TPSA) is 81.0 Å². The van der Waals surface area contributed by atoms with Crippen molar-refractivity contribution in [2.24, 2.45) is 28.8 Å². The van der Waals surface area contributed by atoms with Gasteiger partial charge < -0.3 is 9.30 Å². The molecule has 1 aromatic carbocycles. The van der Waals surface area contributed by atoms with E-state index in [1.165, 1.54) is 7.11 Å². The van der Waals surface area contributed by atoms with Crippen molar-refractivity contribution in [3.05, 3.63) is 65.0 Å². The lowest BCUT2D eigenvalue weighted by Crippen LogP contribution is -2.38. The van der Waals surface area contributed by atoms with Crippen LogP contribution in [0.4, 0.5) is 0 Å². The van der Waals surface area contributed by atoms with Crippen LogP contribution in [0.1, 0.15) is 40.2 Å². The van der Waals surface area contributed by atoms with Crippen molar-refractivity contribution in [1.82, 2.24) is 9.58 Å². The maximum Gasteiger partial charge on any atom is 0.337 e. The number of benzene rings is 1. The van der Waals surface area contributed by atoms with Gasteiger partial charge in [0, 0.05) is 22.6 Å². The van der Waals surface area contributed by atoms with Crippen molar-refractivity contribution in [3.63, 3.8) is 0 Å². The minimum Gasteiger partial charge on any atom is -0.465 e. The Labute approximate surface area is 186 Å². The smallest absolute Gasteiger partial charge is 0.337 e. The zero-order valence-electron chi connectivity index (χ0n) is 18.3. The van der Waals surface area contributed by atoms with Crippen LogP contribution in [-0.4, -0.2) is 40.7 Å². The summed E-state index contributed by atoms with van der Waals surface area (Å²) in [6, 6.07) is 9.15. The molecule has 1 aromatic heterocycles. The average Bonchev–Trinajstić information content (AvgIpc) is 3.25. The Balaban J connectivity index is 1.44. The molecule has 6 rings (SSSR count). The SMILES string of the molecule is COC(=O)c1cccc(-n2c(C)cc(/C=N\N3C(=O)[C@@H]4[C@@H](C3=O)[C@H]3C=C[C@H]4CC3)c2C)c1. The summed E-state index contributed by atoms with van der Waals surface area (Å²) in [5.74, 6) is -1.01. The van der Waals surface area contributed by atoms with Gasteiger partial charge in [-0.15, -0.1) is 0 Å². The number of hydrogen-bond donors (Lipinski definition) is 0. The van der Waals surface area contributed by atoms with Gasteiger partial charge in [-0.1, -0.05) is 18.2 Å². The third-order valence-electron chi connectivity index (χ3n) is 7.04. The van der Waals surface area contributed by atoms with Crippen LogP contribution in [0, 0.1) is 37.5 Å². The van der Waals surface area contributed by atoms with Crippen LogP contribution >= 0.6 is 0 Å². The molecular weight excluding hydrogens is 406 g/mol. The highest BCUT2D eigenvalue weighted by Gasteiger charge is 2.56. The fourth-order valence-electron chi connectivity index (χ4n) is 5.50. The van der Waals surface area contributed by atoms with E-state index in [1.54, 1.807) is 24.4 Å². The number of rotatable bonds is 4. The molecule has 7 nitrogen and oxygen atoms in total. The lowest BCUT2D eigenvalue weighted by Gasteiger charge is -2.37. The summed E-state index contributed by atoms with van der Waals surface area (Å²) >= 11 is 0. The van der Waals surface area contributed by atoms with Crippen molar-refractivity contribution in [1.29, 1.82) is 0 Å². The number of nitrogens with zero attached hydrogens (tertiary/aromatic N) is 3. The predicted molar refractivity (Wildman–Crippen MR) is 118 cm³/mol. The molecule has 7 heteroatoms. The maximum absolute atomic E-state index is 13.0. The number of carbonyl (C=O) groups excluding carboxylic acids is 3. The van der Waals surface area contributed by atoms with E-state index >= 15 is 0 Å². The van der Waals surface area contributed by atoms with Crippen LogP contribution < -0.4 is 0 Å². The van der Waals surface area contributed by atoms with Crippen LogP contribution in [-0.2, 0) is 14.3 Å². The first-order valence-corrected chi connectivity index (χ1v) is 10.9. The van der Waals surface area contributed by atoms with Gasteiger partial charge in [0.25, 0.3) is 11.8 Å². The van der Waals surface area contributed by atoms with E-state index in [4.69, 9.17) is 4.74 Å². The molecule has 2 amide bonds. The number of ether oxygens (including phenoxy) is 1. The Morgan fingerprint density at radius 3 is 2.31 bits per heavy atom. The van der Waals surface area contributed by atoms with E-state index in [0.29, 0.717) is 5.56 Å². The van der Waals surface area contributed by atoms with Gasteiger partial charge in [-0.2, -0.15) is 10.1 Å². The second-order valence-electron chi connectivity index (χ2n) is 8.78. The number of carbonyl (C=O) groups is 3. The number of fused-ring (bicyclic) bond motifs is 1. The molecule has 2 aromatic rings. The quantitative estimate of drug-likeness (QED) is 0.322. The number of hydrazone groups is 1. The standard InChI is InChI=1S/C25H25N3O4/c1-14-11-19(15(2)27(14)20-6-4-5-18(12-20)25(31)32-3)13-26-28-23(29)21-16-7-8-17(10-9-16)22(21)24(28)30/h4-8,11-13,16-17,21-22H,9-10H2,1-3H3/b26-13-/t16-,17-,21-,22-/m0/s1. The molecule has 0 unspecified atom stereocenters. The molecule has 2 fully saturated rings. The van der Waals surface area contributed by atoms with E-state index in [9.17, 15) is 14.4 Å². The lowest BCUT2D eigenvalue weighted by molar-refractivity contribution is -0.140. The van der Waals surface area contributed by atoms with Crippen LogP contribution in [0.15, 0.2) is 47.6 Å². The molecule has 32 heavy (non-hydrogen) atoms. The molecule has 1 saturated heterocycles. The number of aryl methyl sites for hydroxylation is 1. The summed E-state index contributed by atoms with van der Waals surface area (Å²) in [7, 11) is 1.36. The van der Waals surface area contributed by atoms with Gasteiger partial charge in [0.15, 0.2) is 0 Å². The minimum absolute atomic E-state index is 0.147. The number of imide groups is 1. The van der Waals surface area contributed by atoms with Gasteiger partial charge in [0.1, 0.15) is 0 Å². The molecule has 4 atom stereocenters. The molecule has 0 spiro atoms. The molecule has 2 bridgehead atoms. The van der Waals surface area contributed by atoms with Crippen LogP contribution in [0.3, 0.4) is 0 Å². The third-order valence-corrected chi connectivity index (χ3v) is 7.04. The first kappa shape index (κ1) is 20.4. The van der Waals surface area contributed by atoms with E-state index in [-0.39, 0.29) is 35.5 Å². The molecule has 1 aliphatic heterocycles. The highest BCUT2D eigenvalue weighted by molar-refractivity contribution is 6.06. The molecular formula is C25H25N3O4. The zero-order valence-corrected chi connectivity index (χ0v) is 18.3. The highest BCUT2D eigenvalue weighted by Crippen LogP contribution is 2.49. The number of amides is 2. The first-order valence-electron chi connectivity index (χ1n) is 10.9. The van der Waals surface area contributed by atoms with Crippen LogP contribution in [0.25, 0.3) is 5.69 Å². The first-order chi connectivity index (χ1) is 15.4. The molecule has 1 saturated carbocycles. The maximum atomic E-state index is 13.0.